The number of carbonyl (C=O) groups excluding carboxylic acids is 1. The minimum Gasteiger partial charge on any atom is -0.337 e. The molecular formula is C24H21ClN2O3S. The molecule has 0 fully saturated rings. The van der Waals surface area contributed by atoms with Crippen LogP contribution in [0.2, 0.25) is 5.02 Å². The molecule has 158 valence electrons. The number of halogens is 1. The molecule has 0 aliphatic carbocycles. The van der Waals surface area contributed by atoms with Crippen molar-refractivity contribution in [3.63, 3.8) is 0 Å². The van der Waals surface area contributed by atoms with Crippen LogP contribution in [-0.4, -0.2) is 18.9 Å². The predicted octanol–water partition coefficient (Wildman–Crippen LogP) is 5.22. The molecule has 0 saturated carbocycles. The summed E-state index contributed by atoms with van der Waals surface area (Å²) in [5, 5.41) is 3.84. The lowest BCUT2D eigenvalue weighted by Gasteiger charge is -2.07. The maximum Gasteiger partial charge on any atom is 0.244 e. The molecule has 0 aliphatic heterocycles. The summed E-state index contributed by atoms with van der Waals surface area (Å²) in [6.45, 7) is 1.97. The number of para-hydroxylation sites is 1. The van der Waals surface area contributed by atoms with Gasteiger partial charge in [0.1, 0.15) is 6.54 Å². The van der Waals surface area contributed by atoms with E-state index in [1.54, 1.807) is 41.0 Å². The molecule has 0 saturated heterocycles. The summed E-state index contributed by atoms with van der Waals surface area (Å²) in [4.78, 5) is 12.8. The Balaban J connectivity index is 1.65. The van der Waals surface area contributed by atoms with Gasteiger partial charge in [-0.1, -0.05) is 65.7 Å². The van der Waals surface area contributed by atoms with Crippen LogP contribution < -0.4 is 5.32 Å². The van der Waals surface area contributed by atoms with Crippen LogP contribution in [0.15, 0.2) is 83.9 Å². The van der Waals surface area contributed by atoms with Crippen molar-refractivity contribution in [1.82, 2.24) is 4.57 Å². The van der Waals surface area contributed by atoms with Gasteiger partial charge in [0, 0.05) is 27.8 Å². The molecule has 5 nitrogen and oxygen atoms in total. The minimum absolute atomic E-state index is 0.00397. The maximum absolute atomic E-state index is 13.2. The van der Waals surface area contributed by atoms with Crippen molar-refractivity contribution in [2.24, 2.45) is 0 Å². The number of hydrogen-bond donors (Lipinski definition) is 1. The van der Waals surface area contributed by atoms with Crippen molar-refractivity contribution >= 4 is 43.9 Å². The van der Waals surface area contributed by atoms with Crippen LogP contribution in [0.4, 0.5) is 5.69 Å². The van der Waals surface area contributed by atoms with E-state index in [2.05, 4.69) is 5.32 Å². The second kappa shape index (κ2) is 8.57. The Bertz CT molecular complexity index is 1360. The standard InChI is InChI=1S/C24H21ClN2O3S/c1-17-10-12-19(13-11-17)26-24(28)15-27-14-23(20-7-3-5-9-22(20)27)31(29,30)16-18-6-2-4-8-21(18)25/h2-14H,15-16H2,1H3,(H,26,28). The monoisotopic (exact) mass is 452 g/mol. The highest BCUT2D eigenvalue weighted by atomic mass is 35.5. The fraction of sp³-hybridized carbons (Fsp3) is 0.125. The van der Waals surface area contributed by atoms with Crippen LogP contribution in [0.5, 0.6) is 0 Å². The highest BCUT2D eigenvalue weighted by molar-refractivity contribution is 7.90. The summed E-state index contributed by atoms with van der Waals surface area (Å²) in [5.74, 6) is -0.448. The summed E-state index contributed by atoms with van der Waals surface area (Å²) in [5.41, 5.74) is 3.01. The lowest BCUT2D eigenvalue weighted by molar-refractivity contribution is -0.116. The molecule has 1 N–H and O–H groups in total. The van der Waals surface area contributed by atoms with Gasteiger partial charge in [-0.25, -0.2) is 8.42 Å². The normalized spacial score (nSPS) is 11.5. The first-order valence-electron chi connectivity index (χ1n) is 9.74. The van der Waals surface area contributed by atoms with E-state index in [-0.39, 0.29) is 23.1 Å². The van der Waals surface area contributed by atoms with Gasteiger partial charge in [-0.3, -0.25) is 4.79 Å². The van der Waals surface area contributed by atoms with E-state index >= 15 is 0 Å². The second-order valence-electron chi connectivity index (χ2n) is 7.40. The molecule has 0 aliphatic rings. The molecule has 0 atom stereocenters. The average Bonchev–Trinajstić information content (AvgIpc) is 3.11. The Hall–Kier alpha value is -3.09. The van der Waals surface area contributed by atoms with E-state index in [0.717, 1.165) is 5.56 Å². The third-order valence-corrected chi connectivity index (χ3v) is 7.09. The van der Waals surface area contributed by atoms with Crippen molar-refractivity contribution in [1.29, 1.82) is 0 Å². The Morgan fingerprint density at radius 2 is 1.65 bits per heavy atom. The summed E-state index contributed by atoms with van der Waals surface area (Å²) < 4.78 is 28.1. The third kappa shape index (κ3) is 4.65. The summed E-state index contributed by atoms with van der Waals surface area (Å²) in [6, 6.07) is 21.6. The molecule has 0 radical (unpaired) electrons. The predicted molar refractivity (Wildman–Crippen MR) is 124 cm³/mol. The number of nitrogens with one attached hydrogen (secondary N) is 1. The van der Waals surface area contributed by atoms with Crippen molar-refractivity contribution in [3.05, 3.63) is 95.1 Å². The molecule has 0 spiro atoms. The van der Waals surface area contributed by atoms with Gasteiger partial charge in [-0.05, 0) is 36.8 Å². The number of nitrogens with zero attached hydrogens (tertiary/aromatic N) is 1. The smallest absolute Gasteiger partial charge is 0.244 e. The van der Waals surface area contributed by atoms with Crippen LogP contribution in [-0.2, 0) is 26.9 Å². The highest BCUT2D eigenvalue weighted by Gasteiger charge is 2.23. The van der Waals surface area contributed by atoms with Gasteiger partial charge in [-0.15, -0.1) is 0 Å². The van der Waals surface area contributed by atoms with Gasteiger partial charge in [0.2, 0.25) is 5.91 Å². The Morgan fingerprint density at radius 1 is 0.968 bits per heavy atom. The number of sulfone groups is 1. The quantitative estimate of drug-likeness (QED) is 0.436. The second-order valence-corrected chi connectivity index (χ2v) is 9.77. The fourth-order valence-corrected chi connectivity index (χ4v) is 5.38. The van der Waals surface area contributed by atoms with Gasteiger partial charge in [0.05, 0.1) is 10.6 Å². The van der Waals surface area contributed by atoms with Crippen molar-refractivity contribution < 1.29 is 13.2 Å². The first kappa shape index (κ1) is 21.2. The SMILES string of the molecule is Cc1ccc(NC(=O)Cn2cc(S(=O)(=O)Cc3ccccc3Cl)c3ccccc32)cc1. The lowest BCUT2D eigenvalue weighted by atomic mass is 10.2. The number of anilines is 1. The fourth-order valence-electron chi connectivity index (χ4n) is 3.48. The Kier molecular flexibility index (Phi) is 5.85. The van der Waals surface area contributed by atoms with E-state index in [1.165, 1.54) is 6.20 Å². The number of rotatable bonds is 6. The summed E-state index contributed by atoms with van der Waals surface area (Å²) in [7, 11) is -3.68. The van der Waals surface area contributed by atoms with Gasteiger partial charge in [-0.2, -0.15) is 0 Å². The molecule has 0 bridgehead atoms. The molecule has 7 heteroatoms. The molecule has 0 unspecified atom stereocenters. The molecule has 1 amide bonds. The van der Waals surface area contributed by atoms with Crippen LogP contribution in [0, 0.1) is 6.92 Å². The molecule has 31 heavy (non-hydrogen) atoms. The minimum atomic E-state index is -3.68. The molecule has 1 heterocycles. The Morgan fingerprint density at radius 3 is 2.39 bits per heavy atom. The van der Waals surface area contributed by atoms with Crippen molar-refractivity contribution in [2.45, 2.75) is 24.1 Å². The van der Waals surface area contributed by atoms with Crippen LogP contribution in [0.3, 0.4) is 0 Å². The van der Waals surface area contributed by atoms with E-state index in [4.69, 9.17) is 11.6 Å². The molecule has 4 rings (SSSR count). The highest BCUT2D eigenvalue weighted by Crippen LogP contribution is 2.29. The number of amides is 1. The van der Waals surface area contributed by atoms with Crippen molar-refractivity contribution in [2.75, 3.05) is 5.32 Å². The third-order valence-electron chi connectivity index (χ3n) is 5.04. The van der Waals surface area contributed by atoms with E-state index in [1.807, 2.05) is 43.3 Å². The number of fused-ring (bicyclic) bond motifs is 1. The number of aryl methyl sites for hydroxylation is 1. The first-order chi connectivity index (χ1) is 14.8. The van der Waals surface area contributed by atoms with Crippen LogP contribution in [0.1, 0.15) is 11.1 Å². The van der Waals surface area contributed by atoms with E-state index in [9.17, 15) is 13.2 Å². The number of benzene rings is 3. The zero-order chi connectivity index (χ0) is 22.0. The van der Waals surface area contributed by atoms with Crippen LogP contribution in [0.25, 0.3) is 10.9 Å². The lowest BCUT2D eigenvalue weighted by Crippen LogP contribution is -2.18. The number of hydrogen-bond acceptors (Lipinski definition) is 3. The topological polar surface area (TPSA) is 68.2 Å². The van der Waals surface area contributed by atoms with Gasteiger partial charge >= 0.3 is 0 Å². The average molecular weight is 453 g/mol. The maximum atomic E-state index is 13.2. The van der Waals surface area contributed by atoms with Gasteiger partial charge < -0.3 is 9.88 Å². The van der Waals surface area contributed by atoms with E-state index < -0.39 is 9.84 Å². The zero-order valence-corrected chi connectivity index (χ0v) is 18.5. The number of carbonyl (C=O) groups is 1. The van der Waals surface area contributed by atoms with Gasteiger partial charge in [0.25, 0.3) is 0 Å². The Labute approximate surface area is 186 Å². The molecular weight excluding hydrogens is 432 g/mol. The summed E-state index contributed by atoms with van der Waals surface area (Å²) >= 11 is 6.17. The number of aromatic nitrogens is 1. The molecule has 1 aromatic heterocycles. The van der Waals surface area contributed by atoms with Gasteiger partial charge in [0.15, 0.2) is 9.84 Å². The summed E-state index contributed by atoms with van der Waals surface area (Å²) in [6.07, 6.45) is 1.53. The zero-order valence-electron chi connectivity index (χ0n) is 16.9. The van der Waals surface area contributed by atoms with E-state index in [0.29, 0.717) is 27.2 Å². The van der Waals surface area contributed by atoms with Crippen LogP contribution >= 0.6 is 11.6 Å². The largest absolute Gasteiger partial charge is 0.337 e. The first-order valence-corrected chi connectivity index (χ1v) is 11.8. The molecule has 3 aromatic carbocycles. The van der Waals surface area contributed by atoms with Crippen molar-refractivity contribution in [3.8, 4) is 0 Å². The molecule has 4 aromatic rings.